The van der Waals surface area contributed by atoms with Crippen molar-refractivity contribution in [3.8, 4) is 5.75 Å². The quantitative estimate of drug-likeness (QED) is 0.791. The molecular formula is C21H23NO5. The Morgan fingerprint density at radius 3 is 2.11 bits per heavy atom. The summed E-state index contributed by atoms with van der Waals surface area (Å²) in [6.45, 7) is 5.66. The zero-order valence-corrected chi connectivity index (χ0v) is 15.6. The molecule has 2 amide bonds. The van der Waals surface area contributed by atoms with E-state index >= 15 is 0 Å². The van der Waals surface area contributed by atoms with Gasteiger partial charge in [-0.2, -0.15) is 0 Å². The Balaban J connectivity index is 1.81. The van der Waals surface area contributed by atoms with Crippen LogP contribution in [0.15, 0.2) is 48.5 Å². The van der Waals surface area contributed by atoms with Crippen molar-refractivity contribution in [2.75, 3.05) is 6.61 Å². The fraction of sp³-hybridized carbons (Fsp3) is 0.286. The Morgan fingerprint density at radius 1 is 0.963 bits per heavy atom. The van der Waals surface area contributed by atoms with Gasteiger partial charge in [0.15, 0.2) is 6.61 Å². The number of imide groups is 1. The standard InChI is InChI=1S/C21H23NO5/c1-21(2,3)16-8-6-15(7-9-16)20(26)22-18(24)13-27-19(25)12-14-4-10-17(23)11-5-14/h4-11,23H,12-13H2,1-3H3,(H,22,24,26). The number of carbonyl (C=O) groups excluding carboxylic acids is 3. The van der Waals surface area contributed by atoms with Gasteiger partial charge in [0.2, 0.25) is 0 Å². The summed E-state index contributed by atoms with van der Waals surface area (Å²) in [6.07, 6.45) is -0.0320. The first kappa shape index (κ1) is 20.2. The third-order valence-corrected chi connectivity index (χ3v) is 3.92. The zero-order valence-electron chi connectivity index (χ0n) is 15.6. The van der Waals surface area contributed by atoms with Crippen LogP contribution in [-0.4, -0.2) is 29.5 Å². The van der Waals surface area contributed by atoms with Crippen molar-refractivity contribution >= 4 is 17.8 Å². The Hall–Kier alpha value is -3.15. The van der Waals surface area contributed by atoms with Crippen molar-refractivity contribution in [3.05, 3.63) is 65.2 Å². The second-order valence-corrected chi connectivity index (χ2v) is 7.21. The summed E-state index contributed by atoms with van der Waals surface area (Å²) in [6, 6.07) is 13.1. The van der Waals surface area contributed by atoms with Crippen LogP contribution in [0.4, 0.5) is 0 Å². The molecule has 0 saturated carbocycles. The van der Waals surface area contributed by atoms with Crippen molar-refractivity contribution in [1.82, 2.24) is 5.32 Å². The van der Waals surface area contributed by atoms with Crippen LogP contribution < -0.4 is 5.32 Å². The molecule has 0 aromatic heterocycles. The average Bonchev–Trinajstić information content (AvgIpc) is 2.61. The summed E-state index contributed by atoms with van der Waals surface area (Å²) in [5, 5.41) is 11.4. The number of rotatable bonds is 5. The number of phenolic OH excluding ortho intramolecular Hbond substituents is 1. The van der Waals surface area contributed by atoms with Crippen molar-refractivity contribution in [2.24, 2.45) is 0 Å². The molecule has 0 aliphatic heterocycles. The summed E-state index contributed by atoms with van der Waals surface area (Å²) < 4.78 is 4.87. The van der Waals surface area contributed by atoms with Gasteiger partial charge >= 0.3 is 5.97 Å². The Kier molecular flexibility index (Phi) is 6.34. The van der Waals surface area contributed by atoms with Crippen LogP contribution in [0.25, 0.3) is 0 Å². The largest absolute Gasteiger partial charge is 0.508 e. The molecule has 142 valence electrons. The third-order valence-electron chi connectivity index (χ3n) is 3.92. The Bertz CT molecular complexity index is 817. The van der Waals surface area contributed by atoms with Gasteiger partial charge in [0.25, 0.3) is 11.8 Å². The molecule has 2 aromatic carbocycles. The van der Waals surface area contributed by atoms with E-state index in [9.17, 15) is 19.5 Å². The van der Waals surface area contributed by atoms with Crippen molar-refractivity contribution in [3.63, 3.8) is 0 Å². The SMILES string of the molecule is CC(C)(C)c1ccc(C(=O)NC(=O)COC(=O)Cc2ccc(O)cc2)cc1. The second kappa shape index (κ2) is 8.49. The molecule has 6 nitrogen and oxygen atoms in total. The topological polar surface area (TPSA) is 92.7 Å². The van der Waals surface area contributed by atoms with E-state index in [-0.39, 0.29) is 17.6 Å². The predicted octanol–water partition coefficient (Wildman–Crippen LogP) is 2.73. The molecule has 0 saturated heterocycles. The predicted molar refractivity (Wildman–Crippen MR) is 100 cm³/mol. The fourth-order valence-electron chi connectivity index (χ4n) is 2.33. The summed E-state index contributed by atoms with van der Waals surface area (Å²) in [4.78, 5) is 35.6. The molecule has 0 spiro atoms. The van der Waals surface area contributed by atoms with E-state index in [1.54, 1.807) is 24.3 Å². The third kappa shape index (κ3) is 6.26. The molecule has 27 heavy (non-hydrogen) atoms. The molecule has 2 aromatic rings. The second-order valence-electron chi connectivity index (χ2n) is 7.21. The molecule has 0 radical (unpaired) electrons. The van der Waals surface area contributed by atoms with Gasteiger partial charge in [-0.25, -0.2) is 0 Å². The number of hydrogen-bond acceptors (Lipinski definition) is 5. The first-order valence-corrected chi connectivity index (χ1v) is 8.53. The number of amides is 2. The van der Waals surface area contributed by atoms with Gasteiger partial charge in [0.05, 0.1) is 6.42 Å². The monoisotopic (exact) mass is 369 g/mol. The van der Waals surface area contributed by atoms with Crippen LogP contribution in [0.1, 0.15) is 42.3 Å². The van der Waals surface area contributed by atoms with Crippen LogP contribution in [0.3, 0.4) is 0 Å². The highest BCUT2D eigenvalue weighted by Gasteiger charge is 2.16. The number of nitrogens with one attached hydrogen (secondary N) is 1. The van der Waals surface area contributed by atoms with Crippen molar-refractivity contribution < 1.29 is 24.2 Å². The van der Waals surface area contributed by atoms with Gasteiger partial charge in [-0.05, 0) is 40.8 Å². The molecule has 0 atom stereocenters. The minimum absolute atomic E-state index is 0.0312. The minimum atomic E-state index is -0.695. The van der Waals surface area contributed by atoms with Crippen LogP contribution in [0.2, 0.25) is 0 Å². The van der Waals surface area contributed by atoms with Crippen LogP contribution in [-0.2, 0) is 26.2 Å². The molecule has 2 rings (SSSR count). The van der Waals surface area contributed by atoms with E-state index in [0.29, 0.717) is 11.1 Å². The van der Waals surface area contributed by atoms with Gasteiger partial charge in [-0.1, -0.05) is 45.0 Å². The molecule has 6 heteroatoms. The molecule has 0 bridgehead atoms. The summed E-state index contributed by atoms with van der Waals surface area (Å²) in [7, 11) is 0. The van der Waals surface area contributed by atoms with E-state index < -0.39 is 24.4 Å². The van der Waals surface area contributed by atoms with Crippen LogP contribution in [0, 0.1) is 0 Å². The van der Waals surface area contributed by atoms with Gasteiger partial charge in [0.1, 0.15) is 5.75 Å². The number of esters is 1. The average molecular weight is 369 g/mol. The lowest BCUT2D eigenvalue weighted by atomic mass is 9.87. The van der Waals surface area contributed by atoms with Gasteiger partial charge in [-0.15, -0.1) is 0 Å². The smallest absolute Gasteiger partial charge is 0.310 e. The number of aromatic hydroxyl groups is 1. The highest BCUT2D eigenvalue weighted by atomic mass is 16.5. The number of hydrogen-bond donors (Lipinski definition) is 2. The number of carbonyl (C=O) groups is 3. The van der Waals surface area contributed by atoms with E-state index in [0.717, 1.165) is 5.56 Å². The first-order valence-electron chi connectivity index (χ1n) is 8.53. The highest BCUT2D eigenvalue weighted by molar-refractivity contribution is 6.05. The van der Waals surface area contributed by atoms with Crippen LogP contribution >= 0.6 is 0 Å². The lowest BCUT2D eigenvalue weighted by Crippen LogP contribution is -2.34. The van der Waals surface area contributed by atoms with Crippen molar-refractivity contribution in [2.45, 2.75) is 32.6 Å². The molecule has 0 unspecified atom stereocenters. The maximum Gasteiger partial charge on any atom is 0.310 e. The van der Waals surface area contributed by atoms with Gasteiger partial charge in [0, 0.05) is 5.56 Å². The molecule has 0 aliphatic carbocycles. The fourth-order valence-corrected chi connectivity index (χ4v) is 2.33. The normalized spacial score (nSPS) is 10.9. The first-order chi connectivity index (χ1) is 12.6. The lowest BCUT2D eigenvalue weighted by molar-refractivity contribution is -0.147. The molecule has 0 heterocycles. The molecular weight excluding hydrogens is 346 g/mol. The maximum atomic E-state index is 12.1. The van der Waals surface area contributed by atoms with Gasteiger partial charge in [-0.3, -0.25) is 19.7 Å². The lowest BCUT2D eigenvalue weighted by Gasteiger charge is -2.18. The van der Waals surface area contributed by atoms with Crippen molar-refractivity contribution in [1.29, 1.82) is 0 Å². The summed E-state index contributed by atoms with van der Waals surface area (Å²) in [5.74, 6) is -1.74. The zero-order chi connectivity index (χ0) is 20.0. The molecule has 2 N–H and O–H groups in total. The van der Waals surface area contributed by atoms with E-state index in [4.69, 9.17) is 4.74 Å². The number of ether oxygens (including phenoxy) is 1. The number of benzene rings is 2. The Morgan fingerprint density at radius 2 is 1.56 bits per heavy atom. The minimum Gasteiger partial charge on any atom is -0.508 e. The summed E-state index contributed by atoms with van der Waals surface area (Å²) >= 11 is 0. The summed E-state index contributed by atoms with van der Waals surface area (Å²) in [5.41, 5.74) is 2.05. The molecule has 0 aliphatic rings. The van der Waals surface area contributed by atoms with E-state index in [2.05, 4.69) is 26.1 Å². The van der Waals surface area contributed by atoms with E-state index in [1.165, 1.54) is 12.1 Å². The van der Waals surface area contributed by atoms with Crippen LogP contribution in [0.5, 0.6) is 5.75 Å². The van der Waals surface area contributed by atoms with E-state index in [1.807, 2.05) is 12.1 Å². The number of phenols is 1. The molecule has 0 fully saturated rings. The highest BCUT2D eigenvalue weighted by Crippen LogP contribution is 2.22. The Labute approximate surface area is 158 Å². The van der Waals surface area contributed by atoms with Gasteiger partial charge < -0.3 is 9.84 Å². The maximum absolute atomic E-state index is 12.1.